The predicted molar refractivity (Wildman–Crippen MR) is 113 cm³/mol. The molecule has 2 fully saturated rings. The molecule has 8 heteroatoms. The highest BCUT2D eigenvalue weighted by molar-refractivity contribution is 7.89. The van der Waals surface area contributed by atoms with Crippen molar-refractivity contribution < 1.29 is 13.2 Å². The van der Waals surface area contributed by atoms with Crippen LogP contribution >= 0.6 is 11.3 Å². The van der Waals surface area contributed by atoms with Crippen LogP contribution in [0.3, 0.4) is 0 Å². The molecule has 6 nitrogen and oxygen atoms in total. The Morgan fingerprint density at radius 1 is 1.14 bits per heavy atom. The van der Waals surface area contributed by atoms with Crippen LogP contribution in [0.2, 0.25) is 0 Å². The minimum atomic E-state index is -3.54. The van der Waals surface area contributed by atoms with Crippen molar-refractivity contribution in [3.63, 3.8) is 0 Å². The average Bonchev–Trinajstić information content (AvgIpc) is 3.47. The molecule has 0 unspecified atom stereocenters. The Bertz CT molecular complexity index is 902. The third kappa shape index (κ3) is 4.54. The van der Waals surface area contributed by atoms with E-state index in [0.717, 1.165) is 12.8 Å². The topological polar surface area (TPSA) is 79.4 Å². The van der Waals surface area contributed by atoms with Gasteiger partial charge in [-0.1, -0.05) is 18.9 Å². The van der Waals surface area contributed by atoms with Crippen molar-refractivity contribution in [3.05, 3.63) is 46.9 Å². The third-order valence-corrected chi connectivity index (χ3v) is 8.95. The van der Waals surface area contributed by atoms with Gasteiger partial charge < -0.3 is 5.32 Å². The number of piperidine rings is 1. The third-order valence-electron chi connectivity index (χ3n) is 6.12. The second kappa shape index (κ2) is 8.93. The van der Waals surface area contributed by atoms with Gasteiger partial charge in [-0.2, -0.15) is 4.31 Å². The van der Waals surface area contributed by atoms with Gasteiger partial charge in [-0.25, -0.2) is 8.42 Å². The molecule has 0 spiro atoms. The van der Waals surface area contributed by atoms with E-state index in [1.165, 1.54) is 28.2 Å². The SMILES string of the molecule is O=C(N[C@H](c1cccs1)C1CCCC1)C1CCN(S(=O)(=O)c2cccnc2)CC1. The normalized spacial score (nSPS) is 20.6. The van der Waals surface area contributed by atoms with Gasteiger partial charge >= 0.3 is 0 Å². The van der Waals surface area contributed by atoms with E-state index in [4.69, 9.17) is 0 Å². The Morgan fingerprint density at radius 2 is 1.90 bits per heavy atom. The van der Waals surface area contributed by atoms with E-state index in [2.05, 4.69) is 21.7 Å². The highest BCUT2D eigenvalue weighted by Crippen LogP contribution is 2.38. The molecule has 3 heterocycles. The number of aromatic nitrogens is 1. The predicted octanol–water partition coefficient (Wildman–Crippen LogP) is 3.59. The van der Waals surface area contributed by atoms with E-state index in [-0.39, 0.29) is 22.8 Å². The number of amides is 1. The van der Waals surface area contributed by atoms with E-state index in [1.807, 2.05) is 6.07 Å². The molecule has 1 saturated carbocycles. The van der Waals surface area contributed by atoms with Crippen LogP contribution in [-0.2, 0) is 14.8 Å². The van der Waals surface area contributed by atoms with E-state index in [0.29, 0.717) is 31.8 Å². The largest absolute Gasteiger partial charge is 0.348 e. The summed E-state index contributed by atoms with van der Waals surface area (Å²) >= 11 is 1.70. The Morgan fingerprint density at radius 3 is 2.52 bits per heavy atom. The van der Waals surface area contributed by atoms with Crippen molar-refractivity contribution in [1.82, 2.24) is 14.6 Å². The molecule has 1 atom stereocenters. The number of hydrogen-bond donors (Lipinski definition) is 1. The quantitative estimate of drug-likeness (QED) is 0.755. The summed E-state index contributed by atoms with van der Waals surface area (Å²) in [4.78, 5) is 18.4. The average molecular weight is 434 g/mol. The molecule has 1 aliphatic carbocycles. The second-order valence-electron chi connectivity index (χ2n) is 7.91. The number of carbonyl (C=O) groups is 1. The summed E-state index contributed by atoms with van der Waals surface area (Å²) in [7, 11) is -3.54. The Kier molecular flexibility index (Phi) is 6.32. The highest BCUT2D eigenvalue weighted by atomic mass is 32.2. The molecule has 0 aromatic carbocycles. The van der Waals surface area contributed by atoms with Crippen molar-refractivity contribution in [2.24, 2.45) is 11.8 Å². The number of carbonyl (C=O) groups excluding carboxylic acids is 1. The molecule has 2 aromatic rings. The maximum Gasteiger partial charge on any atom is 0.244 e. The zero-order valence-electron chi connectivity index (χ0n) is 16.4. The van der Waals surface area contributed by atoms with Gasteiger partial charge in [0.2, 0.25) is 15.9 Å². The van der Waals surface area contributed by atoms with Crippen LogP contribution in [0.15, 0.2) is 46.9 Å². The fourth-order valence-electron chi connectivity index (χ4n) is 4.46. The Labute approximate surface area is 176 Å². The summed E-state index contributed by atoms with van der Waals surface area (Å²) in [5.74, 6) is 0.427. The number of nitrogens with one attached hydrogen (secondary N) is 1. The molecule has 2 aromatic heterocycles. The van der Waals surface area contributed by atoms with Gasteiger partial charge in [0.15, 0.2) is 0 Å². The first-order chi connectivity index (χ1) is 14.1. The van der Waals surface area contributed by atoms with E-state index >= 15 is 0 Å². The fourth-order valence-corrected chi connectivity index (χ4v) is 6.76. The van der Waals surface area contributed by atoms with Gasteiger partial charge in [0.1, 0.15) is 4.90 Å². The molecule has 29 heavy (non-hydrogen) atoms. The molecule has 0 bridgehead atoms. The first-order valence-electron chi connectivity index (χ1n) is 10.3. The summed E-state index contributed by atoms with van der Waals surface area (Å²) in [6, 6.07) is 7.42. The minimum Gasteiger partial charge on any atom is -0.348 e. The standard InChI is InChI=1S/C21H27N3O3S2/c25-21(23-20(16-5-1-2-6-16)19-8-4-14-28-19)17-9-12-24(13-10-17)29(26,27)18-7-3-11-22-15-18/h3-4,7-8,11,14-17,20H,1-2,5-6,9-10,12-13H2,(H,23,25)/t20-/m0/s1. The fraction of sp³-hybridized carbons (Fsp3) is 0.524. The summed E-state index contributed by atoms with van der Waals surface area (Å²) < 4.78 is 27.0. The van der Waals surface area contributed by atoms with Crippen LogP contribution < -0.4 is 5.32 Å². The van der Waals surface area contributed by atoms with Crippen LogP contribution in [0.4, 0.5) is 0 Å². The molecule has 1 amide bonds. The van der Waals surface area contributed by atoms with Crippen molar-refractivity contribution in [3.8, 4) is 0 Å². The zero-order valence-corrected chi connectivity index (χ0v) is 18.0. The van der Waals surface area contributed by atoms with Crippen molar-refractivity contribution in [2.75, 3.05) is 13.1 Å². The number of nitrogens with zero attached hydrogens (tertiary/aromatic N) is 2. The second-order valence-corrected chi connectivity index (χ2v) is 10.8. The summed E-state index contributed by atoms with van der Waals surface area (Å²) in [5.41, 5.74) is 0. The number of hydrogen-bond acceptors (Lipinski definition) is 5. The highest BCUT2D eigenvalue weighted by Gasteiger charge is 2.34. The molecule has 2 aliphatic rings. The number of sulfonamides is 1. The van der Waals surface area contributed by atoms with E-state index in [1.54, 1.807) is 29.7 Å². The first kappa shape index (κ1) is 20.5. The maximum atomic E-state index is 13.0. The van der Waals surface area contributed by atoms with Gasteiger partial charge in [-0.3, -0.25) is 9.78 Å². The van der Waals surface area contributed by atoms with Gasteiger partial charge in [0.05, 0.1) is 6.04 Å². The number of pyridine rings is 1. The van der Waals surface area contributed by atoms with Crippen molar-refractivity contribution in [2.45, 2.75) is 49.5 Å². The lowest BCUT2D eigenvalue weighted by molar-refractivity contribution is -0.127. The molecule has 156 valence electrons. The molecule has 1 saturated heterocycles. The molecular weight excluding hydrogens is 406 g/mol. The monoisotopic (exact) mass is 433 g/mol. The van der Waals surface area contributed by atoms with Crippen LogP contribution in [-0.4, -0.2) is 36.7 Å². The maximum absolute atomic E-state index is 13.0. The summed E-state index contributed by atoms with van der Waals surface area (Å²) in [5, 5.41) is 5.37. The zero-order chi connectivity index (χ0) is 20.3. The van der Waals surface area contributed by atoms with Gasteiger partial charge in [-0.15, -0.1) is 11.3 Å². The van der Waals surface area contributed by atoms with Crippen LogP contribution in [0.25, 0.3) is 0 Å². The number of rotatable bonds is 6. The Balaban J connectivity index is 1.38. The molecule has 1 aliphatic heterocycles. The van der Waals surface area contributed by atoms with Crippen LogP contribution in [0.5, 0.6) is 0 Å². The van der Waals surface area contributed by atoms with Crippen LogP contribution in [0, 0.1) is 11.8 Å². The molecule has 0 radical (unpaired) electrons. The lowest BCUT2D eigenvalue weighted by Crippen LogP contribution is -2.44. The van der Waals surface area contributed by atoms with Gasteiger partial charge in [0.25, 0.3) is 0 Å². The molecular formula is C21H27N3O3S2. The van der Waals surface area contributed by atoms with Crippen molar-refractivity contribution >= 4 is 27.3 Å². The number of thiophene rings is 1. The summed E-state index contributed by atoms with van der Waals surface area (Å²) in [6.45, 7) is 0.727. The van der Waals surface area contributed by atoms with Crippen LogP contribution in [0.1, 0.15) is 49.4 Å². The first-order valence-corrected chi connectivity index (χ1v) is 12.6. The Hall–Kier alpha value is -1.77. The smallest absolute Gasteiger partial charge is 0.244 e. The summed E-state index contributed by atoms with van der Waals surface area (Å²) in [6.07, 6.45) is 8.81. The van der Waals surface area contributed by atoms with Gasteiger partial charge in [-0.05, 0) is 55.2 Å². The van der Waals surface area contributed by atoms with E-state index in [9.17, 15) is 13.2 Å². The van der Waals surface area contributed by atoms with Crippen molar-refractivity contribution in [1.29, 1.82) is 0 Å². The van der Waals surface area contributed by atoms with Gasteiger partial charge in [0, 0.05) is 36.3 Å². The lowest BCUT2D eigenvalue weighted by Gasteiger charge is -2.32. The lowest BCUT2D eigenvalue weighted by atomic mass is 9.93. The molecule has 1 N–H and O–H groups in total. The van der Waals surface area contributed by atoms with E-state index < -0.39 is 10.0 Å². The minimum absolute atomic E-state index is 0.0636. The molecule has 4 rings (SSSR count).